The average molecular weight is 419 g/mol. The summed E-state index contributed by atoms with van der Waals surface area (Å²) in [7, 11) is 0. The van der Waals surface area contributed by atoms with Crippen molar-refractivity contribution in [2.45, 2.75) is 13.0 Å². The van der Waals surface area contributed by atoms with Gasteiger partial charge in [-0.25, -0.2) is 9.48 Å². The lowest BCUT2D eigenvalue weighted by molar-refractivity contribution is 0.643. The van der Waals surface area contributed by atoms with Crippen molar-refractivity contribution in [2.75, 3.05) is 0 Å². The largest absolute Gasteiger partial charge is 0.367 e. The Labute approximate surface area is 185 Å². The molecule has 0 atom stereocenters. The van der Waals surface area contributed by atoms with Gasteiger partial charge in [0.25, 0.3) is 0 Å². The molecule has 4 aromatic carbocycles. The third kappa shape index (κ3) is 4.14. The highest BCUT2D eigenvalue weighted by Crippen LogP contribution is 2.17. The summed E-state index contributed by atoms with van der Waals surface area (Å²) in [6, 6.07) is 34.1. The van der Waals surface area contributed by atoms with Gasteiger partial charge in [0.2, 0.25) is 0 Å². The molecule has 0 amide bonds. The second-order valence-electron chi connectivity index (χ2n) is 7.63. The number of hydrogen-bond donors (Lipinski definition) is 0. The molecule has 5 rings (SSSR count). The zero-order chi connectivity index (χ0) is 21.8. The fourth-order valence-corrected chi connectivity index (χ4v) is 3.79. The smallest absolute Gasteiger partial charge is 0.244 e. The van der Waals surface area contributed by atoms with E-state index in [0.29, 0.717) is 18.8 Å². The van der Waals surface area contributed by atoms with Crippen LogP contribution in [-0.2, 0) is 13.0 Å². The van der Waals surface area contributed by atoms with Crippen LogP contribution >= 0.6 is 0 Å². The van der Waals surface area contributed by atoms with E-state index in [2.05, 4.69) is 28.4 Å². The maximum absolute atomic E-state index is 13.2. The molecule has 0 aliphatic heterocycles. The van der Waals surface area contributed by atoms with Gasteiger partial charge in [0.15, 0.2) is 5.82 Å². The minimum Gasteiger partial charge on any atom is -0.244 e. The number of aromatic nitrogens is 3. The summed E-state index contributed by atoms with van der Waals surface area (Å²) >= 11 is 0. The molecule has 0 fully saturated rings. The molecule has 5 nitrogen and oxygen atoms in total. The van der Waals surface area contributed by atoms with E-state index in [1.807, 2.05) is 84.9 Å². The van der Waals surface area contributed by atoms with Crippen LogP contribution in [0.25, 0.3) is 10.8 Å². The maximum atomic E-state index is 13.2. The summed E-state index contributed by atoms with van der Waals surface area (Å²) in [5.41, 5.74) is 2.79. The molecule has 0 aliphatic carbocycles. The minimum absolute atomic E-state index is 0.253. The standard InChI is InChI=1S/C27H22N4O/c32-27-30(20-22-12-5-2-6-13-22)29-26(18-21-10-3-1-4-11-21)31(27)28-19-24-16-9-15-23-14-7-8-17-25(23)24/h1-17,19H,18,20H2/b28-19+. The Bertz CT molecular complexity index is 1430. The van der Waals surface area contributed by atoms with Gasteiger partial charge in [-0.2, -0.15) is 14.9 Å². The van der Waals surface area contributed by atoms with Gasteiger partial charge in [-0.15, -0.1) is 0 Å². The summed E-state index contributed by atoms with van der Waals surface area (Å²) in [4.78, 5) is 13.2. The summed E-state index contributed by atoms with van der Waals surface area (Å²) in [6.45, 7) is 0.401. The molecule has 156 valence electrons. The lowest BCUT2D eigenvalue weighted by Crippen LogP contribution is -2.24. The van der Waals surface area contributed by atoms with Crippen molar-refractivity contribution in [3.05, 3.63) is 136 Å². The van der Waals surface area contributed by atoms with Crippen molar-refractivity contribution in [3.8, 4) is 0 Å². The quantitative estimate of drug-likeness (QED) is 0.375. The predicted octanol–water partition coefficient (Wildman–Crippen LogP) is 4.72. The third-order valence-electron chi connectivity index (χ3n) is 5.40. The van der Waals surface area contributed by atoms with Crippen LogP contribution in [0.3, 0.4) is 0 Å². The van der Waals surface area contributed by atoms with Crippen LogP contribution < -0.4 is 5.69 Å². The topological polar surface area (TPSA) is 52.2 Å². The van der Waals surface area contributed by atoms with Crippen molar-refractivity contribution in [1.82, 2.24) is 14.5 Å². The van der Waals surface area contributed by atoms with E-state index in [1.54, 1.807) is 6.21 Å². The molecule has 0 saturated carbocycles. The molecule has 5 aromatic rings. The van der Waals surface area contributed by atoms with E-state index in [4.69, 9.17) is 0 Å². The van der Waals surface area contributed by atoms with E-state index in [0.717, 1.165) is 27.5 Å². The van der Waals surface area contributed by atoms with Gasteiger partial charge in [-0.05, 0) is 21.9 Å². The van der Waals surface area contributed by atoms with Crippen LogP contribution in [0.5, 0.6) is 0 Å². The first-order chi connectivity index (χ1) is 15.8. The summed E-state index contributed by atoms with van der Waals surface area (Å²) in [5, 5.41) is 11.4. The number of rotatable bonds is 6. The van der Waals surface area contributed by atoms with Gasteiger partial charge in [-0.1, -0.05) is 103 Å². The Balaban J connectivity index is 1.56. The van der Waals surface area contributed by atoms with E-state index in [9.17, 15) is 4.79 Å². The van der Waals surface area contributed by atoms with Crippen molar-refractivity contribution in [3.63, 3.8) is 0 Å². The number of hydrogen-bond acceptors (Lipinski definition) is 3. The van der Waals surface area contributed by atoms with Gasteiger partial charge in [0.05, 0.1) is 12.8 Å². The lowest BCUT2D eigenvalue weighted by atomic mass is 10.1. The highest BCUT2D eigenvalue weighted by Gasteiger charge is 2.14. The van der Waals surface area contributed by atoms with E-state index < -0.39 is 0 Å². The van der Waals surface area contributed by atoms with Gasteiger partial charge >= 0.3 is 5.69 Å². The van der Waals surface area contributed by atoms with Crippen LogP contribution in [-0.4, -0.2) is 20.7 Å². The molecule has 5 heteroatoms. The van der Waals surface area contributed by atoms with E-state index >= 15 is 0 Å². The summed E-state index contributed by atoms with van der Waals surface area (Å²) in [6.07, 6.45) is 2.26. The predicted molar refractivity (Wildman–Crippen MR) is 128 cm³/mol. The second kappa shape index (κ2) is 8.86. The van der Waals surface area contributed by atoms with Crippen LogP contribution in [0, 0.1) is 0 Å². The van der Waals surface area contributed by atoms with E-state index in [1.165, 1.54) is 9.36 Å². The van der Waals surface area contributed by atoms with Crippen molar-refractivity contribution in [2.24, 2.45) is 5.10 Å². The summed E-state index contributed by atoms with van der Waals surface area (Å²) in [5.74, 6) is 0.605. The lowest BCUT2D eigenvalue weighted by Gasteiger charge is -2.02. The Kier molecular flexibility index (Phi) is 5.45. The van der Waals surface area contributed by atoms with Gasteiger partial charge in [0.1, 0.15) is 0 Å². The molecule has 0 saturated heterocycles. The molecule has 1 aromatic heterocycles. The summed E-state index contributed by atoms with van der Waals surface area (Å²) < 4.78 is 2.89. The van der Waals surface area contributed by atoms with Gasteiger partial charge in [0, 0.05) is 12.0 Å². The first-order valence-electron chi connectivity index (χ1n) is 10.6. The first-order valence-corrected chi connectivity index (χ1v) is 10.6. The van der Waals surface area contributed by atoms with Crippen LogP contribution in [0.1, 0.15) is 22.5 Å². The normalized spacial score (nSPS) is 11.4. The van der Waals surface area contributed by atoms with Gasteiger partial charge in [-0.3, -0.25) is 0 Å². The fraction of sp³-hybridized carbons (Fsp3) is 0.0741. The molecule has 1 heterocycles. The highest BCUT2D eigenvalue weighted by molar-refractivity contribution is 5.99. The average Bonchev–Trinajstić information content (AvgIpc) is 3.12. The molecule has 0 unspecified atom stereocenters. The Morgan fingerprint density at radius 3 is 2.19 bits per heavy atom. The SMILES string of the molecule is O=c1n(Cc2ccccc2)nc(Cc2ccccc2)n1/N=C/c1cccc2ccccc12. The molecule has 0 radical (unpaired) electrons. The minimum atomic E-state index is -0.253. The molecule has 0 aliphatic rings. The van der Waals surface area contributed by atoms with Crippen molar-refractivity contribution >= 4 is 17.0 Å². The molecular formula is C27H22N4O. The number of fused-ring (bicyclic) bond motifs is 1. The monoisotopic (exact) mass is 418 g/mol. The van der Waals surface area contributed by atoms with Crippen LogP contribution in [0.2, 0.25) is 0 Å². The Hall–Kier alpha value is -4.25. The highest BCUT2D eigenvalue weighted by atomic mass is 16.2. The Morgan fingerprint density at radius 2 is 1.41 bits per heavy atom. The van der Waals surface area contributed by atoms with Crippen LogP contribution in [0.15, 0.2) is 113 Å². The zero-order valence-corrected chi connectivity index (χ0v) is 17.5. The molecule has 32 heavy (non-hydrogen) atoms. The fourth-order valence-electron chi connectivity index (χ4n) is 3.79. The number of nitrogens with zero attached hydrogens (tertiary/aromatic N) is 4. The van der Waals surface area contributed by atoms with Crippen LogP contribution in [0.4, 0.5) is 0 Å². The van der Waals surface area contributed by atoms with E-state index in [-0.39, 0.29) is 5.69 Å². The molecule has 0 spiro atoms. The zero-order valence-electron chi connectivity index (χ0n) is 17.5. The van der Waals surface area contributed by atoms with Gasteiger partial charge < -0.3 is 0 Å². The second-order valence-corrected chi connectivity index (χ2v) is 7.63. The molecule has 0 N–H and O–H groups in total. The van der Waals surface area contributed by atoms with Crippen molar-refractivity contribution < 1.29 is 0 Å². The molecular weight excluding hydrogens is 396 g/mol. The Morgan fingerprint density at radius 1 is 0.750 bits per heavy atom. The van der Waals surface area contributed by atoms with Crippen molar-refractivity contribution in [1.29, 1.82) is 0 Å². The first kappa shape index (κ1) is 19.7. The third-order valence-corrected chi connectivity index (χ3v) is 5.40. The number of benzene rings is 4. The molecule has 0 bridgehead atoms. The maximum Gasteiger partial charge on any atom is 0.367 e.